The fourth-order valence-corrected chi connectivity index (χ4v) is 1.69. The Morgan fingerprint density at radius 3 is 2.28 bits per heavy atom. The van der Waals surface area contributed by atoms with Gasteiger partial charge in [0.2, 0.25) is 0 Å². The average Bonchev–Trinajstić information content (AvgIpc) is 2.29. The van der Waals surface area contributed by atoms with Crippen LogP contribution in [0.5, 0.6) is 0 Å². The standard InChI is InChI=1S/C14H18F2O2/c1-4-18-13(17)14(2,3)9-10-5-7-11(8-6-10)12(15)16/h5-8,12H,4,9H2,1-3H3. The van der Waals surface area contributed by atoms with E-state index in [1.807, 2.05) is 0 Å². The number of hydrogen-bond acceptors (Lipinski definition) is 2. The number of halogens is 2. The zero-order chi connectivity index (χ0) is 13.8. The number of ether oxygens (including phenoxy) is 1. The minimum atomic E-state index is -2.46. The first-order valence-electron chi connectivity index (χ1n) is 5.91. The van der Waals surface area contributed by atoms with Gasteiger partial charge in [-0.1, -0.05) is 24.3 Å². The van der Waals surface area contributed by atoms with Crippen LogP contribution in [0.15, 0.2) is 24.3 Å². The Kier molecular flexibility index (Phi) is 4.82. The molecule has 0 spiro atoms. The van der Waals surface area contributed by atoms with Crippen molar-refractivity contribution in [2.45, 2.75) is 33.6 Å². The van der Waals surface area contributed by atoms with E-state index in [9.17, 15) is 13.6 Å². The number of benzene rings is 1. The van der Waals surface area contributed by atoms with Crippen molar-refractivity contribution < 1.29 is 18.3 Å². The van der Waals surface area contributed by atoms with Gasteiger partial charge in [-0.2, -0.15) is 0 Å². The van der Waals surface area contributed by atoms with Gasteiger partial charge < -0.3 is 4.74 Å². The zero-order valence-electron chi connectivity index (χ0n) is 10.9. The average molecular weight is 256 g/mol. The van der Waals surface area contributed by atoms with Gasteiger partial charge in [0.05, 0.1) is 12.0 Å². The van der Waals surface area contributed by atoms with Crippen molar-refractivity contribution in [3.63, 3.8) is 0 Å². The van der Waals surface area contributed by atoms with E-state index in [4.69, 9.17) is 4.74 Å². The SMILES string of the molecule is CCOC(=O)C(C)(C)Cc1ccc(C(F)F)cc1. The highest BCUT2D eigenvalue weighted by molar-refractivity contribution is 5.76. The topological polar surface area (TPSA) is 26.3 Å². The number of carbonyl (C=O) groups is 1. The number of esters is 1. The Hall–Kier alpha value is -1.45. The molecule has 0 atom stereocenters. The molecule has 1 aromatic rings. The third-order valence-electron chi connectivity index (χ3n) is 2.71. The second-order valence-corrected chi connectivity index (χ2v) is 4.82. The molecular weight excluding hydrogens is 238 g/mol. The van der Waals surface area contributed by atoms with Gasteiger partial charge in [-0.3, -0.25) is 4.79 Å². The molecule has 4 heteroatoms. The summed E-state index contributed by atoms with van der Waals surface area (Å²) in [6.45, 7) is 5.66. The summed E-state index contributed by atoms with van der Waals surface area (Å²) in [5, 5.41) is 0. The normalized spacial score (nSPS) is 11.7. The second kappa shape index (κ2) is 5.94. The number of alkyl halides is 2. The van der Waals surface area contributed by atoms with E-state index >= 15 is 0 Å². The van der Waals surface area contributed by atoms with E-state index in [0.29, 0.717) is 13.0 Å². The van der Waals surface area contributed by atoms with Gasteiger partial charge in [0.15, 0.2) is 0 Å². The summed E-state index contributed by atoms with van der Waals surface area (Å²) in [5.74, 6) is -0.275. The fourth-order valence-electron chi connectivity index (χ4n) is 1.69. The van der Waals surface area contributed by atoms with Crippen LogP contribution in [-0.4, -0.2) is 12.6 Å². The van der Waals surface area contributed by atoms with Crippen LogP contribution in [0, 0.1) is 5.41 Å². The molecule has 100 valence electrons. The van der Waals surface area contributed by atoms with Crippen molar-refractivity contribution in [2.24, 2.45) is 5.41 Å². The Morgan fingerprint density at radius 2 is 1.83 bits per heavy atom. The largest absolute Gasteiger partial charge is 0.466 e. The molecular formula is C14H18F2O2. The minimum Gasteiger partial charge on any atom is -0.466 e. The maximum absolute atomic E-state index is 12.4. The maximum Gasteiger partial charge on any atom is 0.311 e. The molecule has 0 fully saturated rings. The summed E-state index contributed by atoms with van der Waals surface area (Å²) in [7, 11) is 0. The summed E-state index contributed by atoms with van der Waals surface area (Å²) in [5.41, 5.74) is 0.188. The molecule has 0 aliphatic rings. The quantitative estimate of drug-likeness (QED) is 0.750. The van der Waals surface area contributed by atoms with E-state index in [1.54, 1.807) is 32.9 Å². The van der Waals surface area contributed by atoms with Crippen LogP contribution in [0.3, 0.4) is 0 Å². The summed E-state index contributed by atoms with van der Waals surface area (Å²) < 4.78 is 29.8. The highest BCUT2D eigenvalue weighted by Gasteiger charge is 2.29. The lowest BCUT2D eigenvalue weighted by molar-refractivity contribution is -0.153. The van der Waals surface area contributed by atoms with Gasteiger partial charge in [0.1, 0.15) is 0 Å². The van der Waals surface area contributed by atoms with Crippen molar-refractivity contribution in [1.29, 1.82) is 0 Å². The first kappa shape index (κ1) is 14.6. The zero-order valence-corrected chi connectivity index (χ0v) is 10.9. The van der Waals surface area contributed by atoms with Crippen molar-refractivity contribution in [1.82, 2.24) is 0 Å². The molecule has 0 saturated heterocycles. The van der Waals surface area contributed by atoms with Crippen molar-refractivity contribution >= 4 is 5.97 Å². The third-order valence-corrected chi connectivity index (χ3v) is 2.71. The fraction of sp³-hybridized carbons (Fsp3) is 0.500. The lowest BCUT2D eigenvalue weighted by atomic mass is 9.85. The first-order chi connectivity index (χ1) is 8.36. The molecule has 0 aromatic heterocycles. The number of rotatable bonds is 5. The predicted molar refractivity (Wildman–Crippen MR) is 65.5 cm³/mol. The monoisotopic (exact) mass is 256 g/mol. The molecule has 0 bridgehead atoms. The van der Waals surface area contributed by atoms with Crippen molar-refractivity contribution in [3.05, 3.63) is 35.4 Å². The van der Waals surface area contributed by atoms with Crippen molar-refractivity contribution in [3.8, 4) is 0 Å². The third kappa shape index (κ3) is 3.79. The van der Waals surface area contributed by atoms with Crippen molar-refractivity contribution in [2.75, 3.05) is 6.61 Å². The highest BCUT2D eigenvalue weighted by Crippen LogP contribution is 2.25. The minimum absolute atomic E-state index is 0.00677. The molecule has 18 heavy (non-hydrogen) atoms. The van der Waals surface area contributed by atoms with E-state index in [0.717, 1.165) is 5.56 Å². The van der Waals surface area contributed by atoms with E-state index in [1.165, 1.54) is 12.1 Å². The number of hydrogen-bond donors (Lipinski definition) is 0. The highest BCUT2D eigenvalue weighted by atomic mass is 19.3. The molecule has 0 heterocycles. The smallest absolute Gasteiger partial charge is 0.311 e. The lowest BCUT2D eigenvalue weighted by Crippen LogP contribution is -2.28. The molecule has 1 aromatic carbocycles. The molecule has 1 rings (SSSR count). The molecule has 0 amide bonds. The Morgan fingerprint density at radius 1 is 1.28 bits per heavy atom. The number of carbonyl (C=O) groups excluding carboxylic acids is 1. The second-order valence-electron chi connectivity index (χ2n) is 4.82. The summed E-state index contributed by atoms with van der Waals surface area (Å²) >= 11 is 0. The van der Waals surface area contributed by atoms with Gasteiger partial charge >= 0.3 is 5.97 Å². The molecule has 0 aliphatic heterocycles. The van der Waals surface area contributed by atoms with E-state index in [-0.39, 0.29) is 11.5 Å². The van der Waals surface area contributed by atoms with Crippen LogP contribution in [0.2, 0.25) is 0 Å². The van der Waals surface area contributed by atoms with Gasteiger partial charge in [-0.25, -0.2) is 8.78 Å². The summed E-state index contributed by atoms with van der Waals surface area (Å²) in [6.07, 6.45) is -1.99. The van der Waals surface area contributed by atoms with Gasteiger partial charge in [-0.15, -0.1) is 0 Å². The Labute approximate surface area is 106 Å². The van der Waals surface area contributed by atoms with Crippen LogP contribution >= 0.6 is 0 Å². The van der Waals surface area contributed by atoms with Crippen LogP contribution in [-0.2, 0) is 16.0 Å². The van der Waals surface area contributed by atoms with Crippen LogP contribution in [0.25, 0.3) is 0 Å². The molecule has 0 N–H and O–H groups in total. The predicted octanol–water partition coefficient (Wildman–Crippen LogP) is 3.76. The van der Waals surface area contributed by atoms with Crippen LogP contribution < -0.4 is 0 Å². The summed E-state index contributed by atoms with van der Waals surface area (Å²) in [6, 6.07) is 6.04. The lowest BCUT2D eigenvalue weighted by Gasteiger charge is -2.22. The van der Waals surface area contributed by atoms with Crippen LogP contribution in [0.1, 0.15) is 38.3 Å². The first-order valence-corrected chi connectivity index (χ1v) is 5.91. The molecule has 0 saturated carbocycles. The molecule has 0 unspecified atom stereocenters. The molecule has 0 radical (unpaired) electrons. The van der Waals surface area contributed by atoms with E-state index < -0.39 is 11.8 Å². The molecule has 0 aliphatic carbocycles. The Balaban J connectivity index is 2.75. The molecule has 2 nitrogen and oxygen atoms in total. The Bertz CT molecular complexity index is 397. The van der Waals surface area contributed by atoms with Gasteiger partial charge in [0, 0.05) is 5.56 Å². The summed E-state index contributed by atoms with van der Waals surface area (Å²) in [4.78, 5) is 11.7. The van der Waals surface area contributed by atoms with Gasteiger partial charge in [-0.05, 0) is 32.8 Å². The van der Waals surface area contributed by atoms with E-state index in [2.05, 4.69) is 0 Å². The van der Waals surface area contributed by atoms with Gasteiger partial charge in [0.25, 0.3) is 6.43 Å². The maximum atomic E-state index is 12.4. The van der Waals surface area contributed by atoms with Crippen LogP contribution in [0.4, 0.5) is 8.78 Å².